The number of carbonyl (C=O) groups is 2. The predicted molar refractivity (Wildman–Crippen MR) is 130 cm³/mol. The molecule has 0 aliphatic heterocycles. The molecule has 174 valence electrons. The number of rotatable bonds is 8. The third kappa shape index (κ3) is 5.38. The molecule has 1 heterocycles. The second-order valence-electron chi connectivity index (χ2n) is 9.09. The van der Waals surface area contributed by atoms with Gasteiger partial charge in [0.2, 0.25) is 0 Å². The Morgan fingerprint density at radius 2 is 1.79 bits per heavy atom. The first-order valence-electron chi connectivity index (χ1n) is 11.8. The number of aliphatic carboxylic acids is 1. The normalized spacial score (nSPS) is 15.3. The molecule has 33 heavy (non-hydrogen) atoms. The SMILES string of the molecule is Cc1ccc2oc([C@@H](Nc3ccc(C(=O)NCCC(=O)O)cc3)C3CCCCC3)c(C)c2c1. The minimum Gasteiger partial charge on any atom is -0.481 e. The molecule has 0 unspecified atom stereocenters. The molecule has 4 rings (SSSR count). The third-order valence-electron chi connectivity index (χ3n) is 6.63. The van der Waals surface area contributed by atoms with Crippen molar-refractivity contribution in [1.29, 1.82) is 0 Å². The molecule has 3 N–H and O–H groups in total. The third-order valence-corrected chi connectivity index (χ3v) is 6.63. The Labute approximate surface area is 194 Å². The van der Waals surface area contributed by atoms with Gasteiger partial charge in [-0.1, -0.05) is 30.9 Å². The van der Waals surface area contributed by atoms with Gasteiger partial charge in [-0.3, -0.25) is 9.59 Å². The number of hydrogen-bond acceptors (Lipinski definition) is 4. The van der Waals surface area contributed by atoms with E-state index in [-0.39, 0.29) is 24.9 Å². The van der Waals surface area contributed by atoms with E-state index < -0.39 is 5.97 Å². The maximum atomic E-state index is 12.3. The van der Waals surface area contributed by atoms with Gasteiger partial charge in [-0.15, -0.1) is 0 Å². The minimum absolute atomic E-state index is 0.0632. The molecule has 0 saturated heterocycles. The van der Waals surface area contributed by atoms with Crippen LogP contribution in [0.5, 0.6) is 0 Å². The van der Waals surface area contributed by atoms with Crippen LogP contribution < -0.4 is 10.6 Å². The van der Waals surface area contributed by atoms with E-state index in [9.17, 15) is 9.59 Å². The molecule has 1 aliphatic carbocycles. The summed E-state index contributed by atoms with van der Waals surface area (Å²) in [4.78, 5) is 22.9. The van der Waals surface area contributed by atoms with Crippen LogP contribution >= 0.6 is 0 Å². The van der Waals surface area contributed by atoms with Gasteiger partial charge in [0.25, 0.3) is 5.91 Å². The summed E-state index contributed by atoms with van der Waals surface area (Å²) < 4.78 is 6.39. The highest BCUT2D eigenvalue weighted by Gasteiger charge is 2.30. The number of furan rings is 1. The summed E-state index contributed by atoms with van der Waals surface area (Å²) in [6.07, 6.45) is 5.99. The molecule has 6 nitrogen and oxygen atoms in total. The second-order valence-corrected chi connectivity index (χ2v) is 9.09. The van der Waals surface area contributed by atoms with Crippen molar-refractivity contribution in [3.63, 3.8) is 0 Å². The van der Waals surface area contributed by atoms with Crippen molar-refractivity contribution in [3.05, 3.63) is 64.9 Å². The number of fused-ring (bicyclic) bond motifs is 1. The van der Waals surface area contributed by atoms with Gasteiger partial charge in [-0.05, 0) is 69.0 Å². The number of carboxylic acid groups (broad SMARTS) is 1. The molecule has 0 spiro atoms. The summed E-state index contributed by atoms with van der Waals surface area (Å²) >= 11 is 0. The Balaban J connectivity index is 1.56. The lowest BCUT2D eigenvalue weighted by atomic mass is 9.82. The van der Waals surface area contributed by atoms with Gasteiger partial charge in [-0.25, -0.2) is 0 Å². The lowest BCUT2D eigenvalue weighted by Crippen LogP contribution is -2.26. The molecule has 1 fully saturated rings. The van der Waals surface area contributed by atoms with Gasteiger partial charge in [0.05, 0.1) is 12.5 Å². The first kappa shape index (κ1) is 22.9. The summed E-state index contributed by atoms with van der Waals surface area (Å²) in [5.74, 6) is 0.283. The van der Waals surface area contributed by atoms with Gasteiger partial charge >= 0.3 is 5.97 Å². The average molecular weight is 449 g/mol. The zero-order valence-electron chi connectivity index (χ0n) is 19.3. The fraction of sp³-hybridized carbons (Fsp3) is 0.407. The molecule has 1 aromatic heterocycles. The van der Waals surface area contributed by atoms with Crippen LogP contribution in [-0.4, -0.2) is 23.5 Å². The van der Waals surface area contributed by atoms with Crippen molar-refractivity contribution in [2.24, 2.45) is 5.92 Å². The molecule has 2 aromatic carbocycles. The highest BCUT2D eigenvalue weighted by molar-refractivity contribution is 5.94. The first-order chi connectivity index (χ1) is 15.9. The summed E-state index contributed by atoms with van der Waals surface area (Å²) in [5, 5.41) is 16.2. The summed E-state index contributed by atoms with van der Waals surface area (Å²) in [5.41, 5.74) is 4.77. The number of carboxylic acids is 1. The summed E-state index contributed by atoms with van der Waals surface area (Å²) in [6.45, 7) is 4.35. The van der Waals surface area contributed by atoms with E-state index >= 15 is 0 Å². The van der Waals surface area contributed by atoms with Crippen molar-refractivity contribution >= 4 is 28.5 Å². The van der Waals surface area contributed by atoms with Gasteiger partial charge in [0.15, 0.2) is 0 Å². The van der Waals surface area contributed by atoms with E-state index in [1.807, 2.05) is 12.1 Å². The van der Waals surface area contributed by atoms with Gasteiger partial charge < -0.3 is 20.2 Å². The molecule has 3 aromatic rings. The maximum absolute atomic E-state index is 12.3. The highest BCUT2D eigenvalue weighted by Crippen LogP contribution is 2.41. The van der Waals surface area contributed by atoms with Crippen molar-refractivity contribution < 1.29 is 19.1 Å². The summed E-state index contributed by atoms with van der Waals surface area (Å²) in [7, 11) is 0. The Kier molecular flexibility index (Phi) is 7.02. The number of amides is 1. The zero-order chi connectivity index (χ0) is 23.4. The maximum Gasteiger partial charge on any atom is 0.305 e. The fourth-order valence-corrected chi connectivity index (χ4v) is 4.80. The topological polar surface area (TPSA) is 91.6 Å². The fourth-order valence-electron chi connectivity index (χ4n) is 4.80. The van der Waals surface area contributed by atoms with Crippen LogP contribution in [0.3, 0.4) is 0 Å². The Morgan fingerprint density at radius 3 is 2.48 bits per heavy atom. The molecule has 0 bridgehead atoms. The smallest absolute Gasteiger partial charge is 0.305 e. The zero-order valence-corrected chi connectivity index (χ0v) is 19.3. The molecule has 1 saturated carbocycles. The van der Waals surface area contributed by atoms with Crippen LogP contribution in [0.25, 0.3) is 11.0 Å². The van der Waals surface area contributed by atoms with E-state index in [0.29, 0.717) is 11.5 Å². The Morgan fingerprint density at radius 1 is 1.06 bits per heavy atom. The van der Waals surface area contributed by atoms with E-state index in [1.54, 1.807) is 12.1 Å². The number of anilines is 1. The standard InChI is InChI=1S/C27H32N2O4/c1-17-8-13-23-22(16-17)18(2)26(33-23)25(19-6-4-3-5-7-19)29-21-11-9-20(10-12-21)27(32)28-15-14-24(30)31/h8-13,16,19,25,29H,3-7,14-15H2,1-2H3,(H,28,32)(H,30,31)/t25-/m0/s1. The molecule has 1 aliphatic rings. The van der Waals surface area contributed by atoms with Crippen LogP contribution in [0, 0.1) is 19.8 Å². The lowest BCUT2D eigenvalue weighted by Gasteiger charge is -2.31. The number of aryl methyl sites for hydroxylation is 2. The van der Waals surface area contributed by atoms with Gasteiger partial charge in [-0.2, -0.15) is 0 Å². The van der Waals surface area contributed by atoms with Crippen LogP contribution in [0.4, 0.5) is 5.69 Å². The molecule has 0 radical (unpaired) electrons. The second kappa shape index (κ2) is 10.1. The lowest BCUT2D eigenvalue weighted by molar-refractivity contribution is -0.136. The Bertz CT molecular complexity index is 1130. The predicted octanol–water partition coefficient (Wildman–Crippen LogP) is 5.99. The molecule has 6 heteroatoms. The van der Waals surface area contributed by atoms with Crippen molar-refractivity contribution in [1.82, 2.24) is 5.32 Å². The molecule has 1 amide bonds. The van der Waals surface area contributed by atoms with E-state index in [4.69, 9.17) is 9.52 Å². The number of carbonyl (C=O) groups excluding carboxylic acids is 1. The van der Waals surface area contributed by atoms with Crippen molar-refractivity contribution in [2.75, 3.05) is 11.9 Å². The van der Waals surface area contributed by atoms with Crippen LogP contribution in [0.1, 0.15) is 71.8 Å². The summed E-state index contributed by atoms with van der Waals surface area (Å²) in [6, 6.07) is 13.7. The monoisotopic (exact) mass is 448 g/mol. The van der Waals surface area contributed by atoms with E-state index in [1.165, 1.54) is 35.8 Å². The average Bonchev–Trinajstić information content (AvgIpc) is 3.13. The molecule has 1 atom stereocenters. The van der Waals surface area contributed by atoms with Crippen molar-refractivity contribution in [3.8, 4) is 0 Å². The van der Waals surface area contributed by atoms with Crippen LogP contribution in [0.15, 0.2) is 46.9 Å². The van der Waals surface area contributed by atoms with Gasteiger partial charge in [0.1, 0.15) is 11.3 Å². The molecular weight excluding hydrogens is 416 g/mol. The number of benzene rings is 2. The Hall–Kier alpha value is -3.28. The minimum atomic E-state index is -0.931. The largest absolute Gasteiger partial charge is 0.481 e. The quantitative estimate of drug-likeness (QED) is 0.394. The first-order valence-corrected chi connectivity index (χ1v) is 11.8. The highest BCUT2D eigenvalue weighted by atomic mass is 16.4. The molecular formula is C27H32N2O4. The van der Waals surface area contributed by atoms with Gasteiger partial charge in [0, 0.05) is 28.7 Å². The van der Waals surface area contributed by atoms with Crippen LogP contribution in [-0.2, 0) is 4.79 Å². The van der Waals surface area contributed by atoms with E-state index in [0.717, 1.165) is 29.9 Å². The number of hydrogen-bond donors (Lipinski definition) is 3. The van der Waals surface area contributed by atoms with Crippen molar-refractivity contribution in [2.45, 2.75) is 58.4 Å². The number of nitrogens with one attached hydrogen (secondary N) is 2. The van der Waals surface area contributed by atoms with Crippen LogP contribution in [0.2, 0.25) is 0 Å². The van der Waals surface area contributed by atoms with E-state index in [2.05, 4.69) is 42.7 Å².